The van der Waals surface area contributed by atoms with Gasteiger partial charge in [0.25, 0.3) is 0 Å². The van der Waals surface area contributed by atoms with Crippen molar-refractivity contribution >= 4 is 0 Å². The van der Waals surface area contributed by atoms with Gasteiger partial charge in [-0.25, -0.2) is 0 Å². The largest absolute Gasteiger partial charge is 0.392 e. The Morgan fingerprint density at radius 1 is 1.05 bits per heavy atom. The Kier molecular flexibility index (Phi) is 38.2. The molecule has 0 fully saturated rings. The van der Waals surface area contributed by atoms with E-state index >= 15 is 0 Å². The van der Waals surface area contributed by atoms with Crippen LogP contribution in [0.1, 0.15) is 75.2 Å². The van der Waals surface area contributed by atoms with Gasteiger partial charge in [-0.2, -0.15) is 0 Å². The highest BCUT2D eigenvalue weighted by Crippen LogP contribution is 2.09. The topological polar surface area (TPSA) is 23.5 Å². The molecule has 2 atom stereocenters. The van der Waals surface area contributed by atoms with E-state index in [0.717, 1.165) is 32.5 Å². The van der Waals surface area contributed by atoms with Crippen LogP contribution in [0.15, 0.2) is 24.8 Å². The third-order valence-corrected chi connectivity index (χ3v) is 2.56. The summed E-state index contributed by atoms with van der Waals surface area (Å²) in [7, 11) is 0. The highest BCUT2D eigenvalue weighted by molar-refractivity contribution is 4.90. The van der Waals surface area contributed by atoms with E-state index in [2.05, 4.69) is 30.6 Å². The average Bonchev–Trinajstić information content (AvgIpc) is 2.56. The van der Waals surface area contributed by atoms with Crippen molar-refractivity contribution < 1.29 is 5.11 Å². The van der Waals surface area contributed by atoms with E-state index in [0.29, 0.717) is 5.92 Å². The second kappa shape index (κ2) is 28.5. The first-order valence-electron chi connectivity index (χ1n) is 9.28. The second-order valence-corrected chi connectivity index (χ2v) is 4.41. The van der Waals surface area contributed by atoms with Crippen LogP contribution < -0.4 is 0 Å². The molecule has 2 unspecified atom stereocenters. The monoisotopic (exact) mass is 315 g/mol. The van der Waals surface area contributed by atoms with Crippen LogP contribution in [-0.2, 0) is 0 Å². The number of allylic oxidation sites excluding steroid dienone is 2. The fraction of sp³-hybridized carbons (Fsp3) is 0.800. The second-order valence-electron chi connectivity index (χ2n) is 4.41. The lowest BCUT2D eigenvalue weighted by Gasteiger charge is -2.26. The molecular formula is C20H45NO. The van der Waals surface area contributed by atoms with Crippen LogP contribution in [-0.4, -0.2) is 35.7 Å². The standard InChI is InChI=1S/C14H27NO.3C2H6/c1-5-8-9-14(7-3)12-15(10-6-2)11-13(4)16;3*1-2/h5,7-8,13-14,16H,3,6,9-12H2,1-2,4H3;3*1-2H3/b8-5-;;;. The number of hydrogen-bond donors (Lipinski definition) is 1. The predicted molar refractivity (Wildman–Crippen MR) is 106 cm³/mol. The molecule has 136 valence electrons. The molecule has 0 saturated carbocycles. The molecular weight excluding hydrogens is 270 g/mol. The van der Waals surface area contributed by atoms with E-state index in [1.807, 2.05) is 61.5 Å². The molecule has 0 heterocycles. The van der Waals surface area contributed by atoms with Crippen LogP contribution >= 0.6 is 0 Å². The van der Waals surface area contributed by atoms with Crippen molar-refractivity contribution in [2.24, 2.45) is 5.92 Å². The summed E-state index contributed by atoms with van der Waals surface area (Å²) in [5.74, 6) is 0.487. The Bertz CT molecular complexity index is 200. The van der Waals surface area contributed by atoms with Crippen LogP contribution in [0.5, 0.6) is 0 Å². The van der Waals surface area contributed by atoms with Crippen molar-refractivity contribution in [3.8, 4) is 0 Å². The van der Waals surface area contributed by atoms with Gasteiger partial charge in [-0.05, 0) is 39.2 Å². The average molecular weight is 316 g/mol. The number of aliphatic hydroxyl groups excluding tert-OH is 1. The minimum absolute atomic E-state index is 0.251. The molecule has 0 amide bonds. The SMILES string of the molecule is C=CC(C/C=C\C)CN(CCC)CC(C)O.CC.CC.CC. The third kappa shape index (κ3) is 24.4. The smallest absolute Gasteiger partial charge is 0.0639 e. The highest BCUT2D eigenvalue weighted by Gasteiger charge is 2.11. The maximum Gasteiger partial charge on any atom is 0.0639 e. The summed E-state index contributed by atoms with van der Waals surface area (Å²) in [5.41, 5.74) is 0. The Labute approximate surface area is 142 Å². The van der Waals surface area contributed by atoms with Gasteiger partial charge in [0.2, 0.25) is 0 Å². The maximum atomic E-state index is 9.43. The molecule has 22 heavy (non-hydrogen) atoms. The zero-order valence-corrected chi connectivity index (χ0v) is 17.0. The minimum Gasteiger partial charge on any atom is -0.392 e. The van der Waals surface area contributed by atoms with Crippen molar-refractivity contribution in [3.63, 3.8) is 0 Å². The first-order chi connectivity index (χ1) is 10.6. The van der Waals surface area contributed by atoms with Gasteiger partial charge in [0.1, 0.15) is 0 Å². The molecule has 2 nitrogen and oxygen atoms in total. The molecule has 2 heteroatoms. The molecule has 0 aliphatic heterocycles. The van der Waals surface area contributed by atoms with Gasteiger partial charge in [-0.15, -0.1) is 6.58 Å². The van der Waals surface area contributed by atoms with Crippen LogP contribution in [0.4, 0.5) is 0 Å². The van der Waals surface area contributed by atoms with Crippen molar-refractivity contribution in [3.05, 3.63) is 24.8 Å². The number of rotatable bonds is 9. The zero-order chi connectivity index (χ0) is 18.4. The van der Waals surface area contributed by atoms with E-state index in [-0.39, 0.29) is 6.10 Å². The summed E-state index contributed by atoms with van der Waals surface area (Å²) in [5, 5.41) is 9.43. The Hall–Kier alpha value is -0.600. The van der Waals surface area contributed by atoms with E-state index in [1.54, 1.807) is 0 Å². The molecule has 0 saturated heterocycles. The summed E-state index contributed by atoms with van der Waals surface area (Å²) < 4.78 is 0. The predicted octanol–water partition coefficient (Wildman–Crippen LogP) is 5.93. The number of nitrogens with zero attached hydrogens (tertiary/aromatic N) is 1. The first-order valence-corrected chi connectivity index (χ1v) is 9.28. The Balaban J connectivity index is -0.000000238. The molecule has 0 aromatic heterocycles. The Morgan fingerprint density at radius 2 is 1.55 bits per heavy atom. The quantitative estimate of drug-likeness (QED) is 0.533. The van der Waals surface area contributed by atoms with E-state index < -0.39 is 0 Å². The first kappa shape index (κ1) is 29.4. The van der Waals surface area contributed by atoms with Crippen LogP contribution in [0.25, 0.3) is 0 Å². The molecule has 1 N–H and O–H groups in total. The summed E-state index contributed by atoms with van der Waals surface area (Å²) in [6.45, 7) is 24.7. The molecule has 0 aliphatic rings. The van der Waals surface area contributed by atoms with Gasteiger partial charge in [0.15, 0.2) is 0 Å². The van der Waals surface area contributed by atoms with Gasteiger partial charge in [-0.3, -0.25) is 0 Å². The summed E-state index contributed by atoms with van der Waals surface area (Å²) in [6.07, 6.45) is 8.19. The molecule has 0 aliphatic carbocycles. The lowest BCUT2D eigenvalue weighted by atomic mass is 10.0. The maximum absolute atomic E-state index is 9.43. The molecule has 0 bridgehead atoms. The summed E-state index contributed by atoms with van der Waals surface area (Å²) in [4.78, 5) is 2.32. The Morgan fingerprint density at radius 3 is 1.86 bits per heavy atom. The van der Waals surface area contributed by atoms with Crippen molar-refractivity contribution in [2.75, 3.05) is 19.6 Å². The van der Waals surface area contributed by atoms with Crippen molar-refractivity contribution in [1.29, 1.82) is 0 Å². The lowest BCUT2D eigenvalue weighted by Crippen LogP contribution is -2.35. The van der Waals surface area contributed by atoms with Crippen molar-refractivity contribution in [1.82, 2.24) is 4.90 Å². The van der Waals surface area contributed by atoms with Gasteiger partial charge in [-0.1, -0.05) is 66.7 Å². The minimum atomic E-state index is -0.251. The normalized spacial score (nSPS) is 12.1. The van der Waals surface area contributed by atoms with Gasteiger partial charge in [0, 0.05) is 13.1 Å². The molecule has 0 aromatic rings. The van der Waals surface area contributed by atoms with Gasteiger partial charge < -0.3 is 10.0 Å². The van der Waals surface area contributed by atoms with Crippen LogP contribution in [0.3, 0.4) is 0 Å². The summed E-state index contributed by atoms with van der Waals surface area (Å²) >= 11 is 0. The van der Waals surface area contributed by atoms with Gasteiger partial charge >= 0.3 is 0 Å². The fourth-order valence-corrected chi connectivity index (χ4v) is 1.83. The highest BCUT2D eigenvalue weighted by atomic mass is 16.3. The van der Waals surface area contributed by atoms with Gasteiger partial charge in [0.05, 0.1) is 6.10 Å². The van der Waals surface area contributed by atoms with E-state index in [9.17, 15) is 5.11 Å². The molecule has 0 radical (unpaired) electrons. The van der Waals surface area contributed by atoms with Crippen LogP contribution in [0, 0.1) is 5.92 Å². The van der Waals surface area contributed by atoms with E-state index in [1.165, 1.54) is 0 Å². The third-order valence-electron chi connectivity index (χ3n) is 2.56. The number of aliphatic hydroxyl groups is 1. The molecule has 0 aromatic carbocycles. The fourth-order valence-electron chi connectivity index (χ4n) is 1.83. The van der Waals surface area contributed by atoms with Crippen molar-refractivity contribution in [2.45, 2.75) is 81.3 Å². The summed E-state index contributed by atoms with van der Waals surface area (Å²) in [6, 6.07) is 0. The number of hydrogen-bond acceptors (Lipinski definition) is 2. The molecule has 0 rings (SSSR count). The zero-order valence-electron chi connectivity index (χ0n) is 17.0. The van der Waals surface area contributed by atoms with Crippen LogP contribution in [0.2, 0.25) is 0 Å². The van der Waals surface area contributed by atoms with E-state index in [4.69, 9.17) is 0 Å². The molecule has 0 spiro atoms. The lowest BCUT2D eigenvalue weighted by molar-refractivity contribution is 0.120.